The van der Waals surface area contributed by atoms with Gasteiger partial charge in [0, 0.05) is 13.1 Å². The van der Waals surface area contributed by atoms with Crippen molar-refractivity contribution in [3.8, 4) is 0 Å². The summed E-state index contributed by atoms with van der Waals surface area (Å²) in [6, 6.07) is 6.02. The molecule has 1 atom stereocenters. The monoisotopic (exact) mass is 322 g/mol. The average molecular weight is 323 g/mol. The number of rotatable bonds is 2. The van der Waals surface area contributed by atoms with Crippen LogP contribution in [0.1, 0.15) is 6.42 Å². The number of benzene rings is 1. The third kappa shape index (κ3) is 2.71. The zero-order valence-corrected chi connectivity index (χ0v) is 12.5. The molecule has 5 amide bonds. The fourth-order valence-electron chi connectivity index (χ4n) is 2.70. The first kappa shape index (κ1) is 14.6. The van der Waals surface area contributed by atoms with Gasteiger partial charge in [0.15, 0.2) is 0 Å². The van der Waals surface area contributed by atoms with Crippen molar-refractivity contribution < 1.29 is 14.4 Å². The van der Waals surface area contributed by atoms with Gasteiger partial charge in [-0.3, -0.25) is 9.69 Å². The zero-order chi connectivity index (χ0) is 15.7. The number of nitrogens with one attached hydrogen (secondary N) is 2. The summed E-state index contributed by atoms with van der Waals surface area (Å²) >= 11 is 6.01. The van der Waals surface area contributed by atoms with Crippen molar-refractivity contribution in [2.75, 3.05) is 25.0 Å². The van der Waals surface area contributed by atoms with E-state index >= 15 is 0 Å². The van der Waals surface area contributed by atoms with Crippen LogP contribution in [0, 0.1) is 0 Å². The summed E-state index contributed by atoms with van der Waals surface area (Å²) in [6.07, 6.45) is 0.578. The Balaban J connectivity index is 1.63. The highest BCUT2D eigenvalue weighted by atomic mass is 35.5. The minimum Gasteiger partial charge on any atom is -0.329 e. The van der Waals surface area contributed by atoms with E-state index < -0.39 is 0 Å². The van der Waals surface area contributed by atoms with E-state index in [0.717, 1.165) is 0 Å². The van der Waals surface area contributed by atoms with Gasteiger partial charge in [-0.25, -0.2) is 9.59 Å². The summed E-state index contributed by atoms with van der Waals surface area (Å²) in [7, 11) is 0. The Morgan fingerprint density at radius 1 is 1.32 bits per heavy atom. The Hall–Kier alpha value is -2.28. The maximum absolute atomic E-state index is 12.2. The van der Waals surface area contributed by atoms with Crippen LogP contribution in [0.15, 0.2) is 24.3 Å². The van der Waals surface area contributed by atoms with Gasteiger partial charge in [0.25, 0.3) is 0 Å². The topological polar surface area (TPSA) is 81.8 Å². The largest absolute Gasteiger partial charge is 0.329 e. The van der Waals surface area contributed by atoms with E-state index in [1.165, 1.54) is 4.90 Å². The van der Waals surface area contributed by atoms with Crippen LogP contribution in [0.2, 0.25) is 5.02 Å². The second-order valence-corrected chi connectivity index (χ2v) is 5.63. The molecule has 22 heavy (non-hydrogen) atoms. The lowest BCUT2D eigenvalue weighted by atomic mass is 10.2. The molecule has 0 bridgehead atoms. The molecular weight excluding hydrogens is 308 g/mol. The second kappa shape index (κ2) is 5.84. The van der Waals surface area contributed by atoms with E-state index in [-0.39, 0.29) is 30.6 Å². The number of hydrogen-bond donors (Lipinski definition) is 2. The number of carbonyl (C=O) groups excluding carboxylic acids is 3. The Kier molecular flexibility index (Phi) is 3.89. The molecule has 2 aliphatic rings. The first-order chi connectivity index (χ1) is 10.6. The molecule has 0 aromatic heterocycles. The number of hydrogen-bond acceptors (Lipinski definition) is 3. The number of halogens is 1. The quantitative estimate of drug-likeness (QED) is 0.810. The smallest absolute Gasteiger partial charge is 0.324 e. The van der Waals surface area contributed by atoms with Crippen molar-refractivity contribution in [2.24, 2.45) is 0 Å². The normalized spacial score (nSPS) is 21.2. The van der Waals surface area contributed by atoms with Gasteiger partial charge in [0.05, 0.1) is 23.3 Å². The van der Waals surface area contributed by atoms with Crippen molar-refractivity contribution in [3.05, 3.63) is 29.3 Å². The number of amides is 5. The maximum Gasteiger partial charge on any atom is 0.324 e. The lowest BCUT2D eigenvalue weighted by Gasteiger charge is -2.22. The minimum atomic E-state index is -0.386. The van der Waals surface area contributed by atoms with E-state index in [2.05, 4.69) is 10.6 Å². The minimum absolute atomic E-state index is 0.0289. The van der Waals surface area contributed by atoms with Crippen LogP contribution in [-0.4, -0.2) is 53.4 Å². The van der Waals surface area contributed by atoms with Crippen molar-refractivity contribution >= 4 is 35.3 Å². The van der Waals surface area contributed by atoms with Crippen LogP contribution in [0.25, 0.3) is 0 Å². The Morgan fingerprint density at radius 3 is 2.77 bits per heavy atom. The molecule has 2 saturated heterocycles. The maximum atomic E-state index is 12.2. The van der Waals surface area contributed by atoms with Gasteiger partial charge in [0.1, 0.15) is 0 Å². The number of para-hydroxylation sites is 1. The van der Waals surface area contributed by atoms with Crippen molar-refractivity contribution in [1.82, 2.24) is 15.1 Å². The van der Waals surface area contributed by atoms with E-state index in [4.69, 9.17) is 11.6 Å². The number of imide groups is 1. The lowest BCUT2D eigenvalue weighted by molar-refractivity contribution is -0.126. The van der Waals surface area contributed by atoms with Gasteiger partial charge in [-0.1, -0.05) is 23.7 Å². The third-order valence-electron chi connectivity index (χ3n) is 3.81. The molecular formula is C14H15ClN4O3. The second-order valence-electron chi connectivity index (χ2n) is 5.22. The molecule has 0 saturated carbocycles. The highest BCUT2D eigenvalue weighted by Crippen LogP contribution is 2.23. The summed E-state index contributed by atoms with van der Waals surface area (Å²) in [6.45, 7) is 0.842. The molecule has 116 valence electrons. The SMILES string of the molecule is O=C(Nc1ccccc1Cl)N1CCC(N2C(=O)CNC2=O)C1. The summed E-state index contributed by atoms with van der Waals surface area (Å²) in [4.78, 5) is 38.4. The molecule has 2 N–H and O–H groups in total. The zero-order valence-electron chi connectivity index (χ0n) is 11.7. The molecule has 0 aliphatic carbocycles. The molecule has 3 rings (SSSR count). The third-order valence-corrected chi connectivity index (χ3v) is 4.14. The standard InChI is InChI=1S/C14H15ClN4O3/c15-10-3-1-2-4-11(10)17-14(22)18-6-5-9(8-18)19-12(20)7-16-13(19)21/h1-4,9H,5-8H2,(H,16,21)(H,17,22). The van der Waals surface area contributed by atoms with Crippen LogP contribution >= 0.6 is 11.6 Å². The fourth-order valence-corrected chi connectivity index (χ4v) is 2.88. The molecule has 0 spiro atoms. The number of nitrogens with zero attached hydrogens (tertiary/aromatic N) is 2. The number of likely N-dealkylation sites (tertiary alicyclic amines) is 1. The predicted molar refractivity (Wildman–Crippen MR) is 80.7 cm³/mol. The van der Waals surface area contributed by atoms with Crippen molar-refractivity contribution in [1.29, 1.82) is 0 Å². The molecule has 2 heterocycles. The van der Waals surface area contributed by atoms with Crippen LogP contribution < -0.4 is 10.6 Å². The molecule has 1 unspecified atom stereocenters. The molecule has 1 aromatic carbocycles. The highest BCUT2D eigenvalue weighted by molar-refractivity contribution is 6.33. The predicted octanol–water partition coefficient (Wildman–Crippen LogP) is 1.50. The van der Waals surface area contributed by atoms with Crippen LogP contribution in [0.3, 0.4) is 0 Å². The van der Waals surface area contributed by atoms with Gasteiger partial charge in [-0.2, -0.15) is 0 Å². The first-order valence-electron chi connectivity index (χ1n) is 6.96. The molecule has 8 heteroatoms. The van der Waals surface area contributed by atoms with Crippen LogP contribution in [-0.2, 0) is 4.79 Å². The fraction of sp³-hybridized carbons (Fsp3) is 0.357. The van der Waals surface area contributed by atoms with Crippen molar-refractivity contribution in [3.63, 3.8) is 0 Å². The number of urea groups is 2. The molecule has 1 aromatic rings. The lowest BCUT2D eigenvalue weighted by Crippen LogP contribution is -2.43. The van der Waals surface area contributed by atoms with Gasteiger partial charge in [-0.05, 0) is 18.6 Å². The number of anilines is 1. The van der Waals surface area contributed by atoms with E-state index in [1.54, 1.807) is 29.2 Å². The van der Waals surface area contributed by atoms with Gasteiger partial charge in [-0.15, -0.1) is 0 Å². The van der Waals surface area contributed by atoms with Gasteiger partial charge >= 0.3 is 12.1 Å². The van der Waals surface area contributed by atoms with E-state index in [0.29, 0.717) is 30.2 Å². The summed E-state index contributed by atoms with van der Waals surface area (Å²) in [5.74, 6) is -0.247. The number of carbonyl (C=O) groups is 3. The summed E-state index contributed by atoms with van der Waals surface area (Å²) in [5.41, 5.74) is 0.535. The van der Waals surface area contributed by atoms with Crippen molar-refractivity contribution in [2.45, 2.75) is 12.5 Å². The average Bonchev–Trinajstić information content (AvgIpc) is 3.08. The Morgan fingerprint density at radius 2 is 2.09 bits per heavy atom. The molecule has 7 nitrogen and oxygen atoms in total. The Labute approximate surface area is 132 Å². The Bertz CT molecular complexity index is 620. The molecule has 0 radical (unpaired) electrons. The summed E-state index contributed by atoms with van der Waals surface area (Å²) in [5, 5.41) is 5.68. The van der Waals surface area contributed by atoms with E-state index in [9.17, 15) is 14.4 Å². The summed E-state index contributed by atoms with van der Waals surface area (Å²) < 4.78 is 0. The first-order valence-corrected chi connectivity index (χ1v) is 7.34. The van der Waals surface area contributed by atoms with Crippen LogP contribution in [0.4, 0.5) is 15.3 Å². The van der Waals surface area contributed by atoms with Crippen LogP contribution in [0.5, 0.6) is 0 Å². The molecule has 2 aliphatic heterocycles. The van der Waals surface area contributed by atoms with Gasteiger partial charge < -0.3 is 15.5 Å². The van der Waals surface area contributed by atoms with Gasteiger partial charge in [0.2, 0.25) is 5.91 Å². The highest BCUT2D eigenvalue weighted by Gasteiger charge is 2.39. The van der Waals surface area contributed by atoms with E-state index in [1.807, 2.05) is 0 Å². The molecule has 2 fully saturated rings.